The summed E-state index contributed by atoms with van der Waals surface area (Å²) in [6.45, 7) is 0. The van der Waals surface area contributed by atoms with Crippen LogP contribution in [0.3, 0.4) is 0 Å². The van der Waals surface area contributed by atoms with Crippen LogP contribution in [0.15, 0.2) is 127 Å². The van der Waals surface area contributed by atoms with Gasteiger partial charge in [0.1, 0.15) is 0 Å². The lowest BCUT2D eigenvalue weighted by Crippen LogP contribution is -1.99. The van der Waals surface area contributed by atoms with Crippen LogP contribution in [0.1, 0.15) is 16.7 Å². The van der Waals surface area contributed by atoms with E-state index in [2.05, 4.69) is 75.9 Å². The summed E-state index contributed by atoms with van der Waals surface area (Å²) in [4.78, 5) is 0. The average Bonchev–Trinajstić information content (AvgIpc) is 3.60. The van der Waals surface area contributed by atoms with Gasteiger partial charge in [-0.05, 0) is 84.4 Å². The van der Waals surface area contributed by atoms with Gasteiger partial charge in [-0.3, -0.25) is 0 Å². The predicted molar refractivity (Wildman–Crippen MR) is 175 cm³/mol. The predicted octanol–water partition coefficient (Wildman–Crippen LogP) is 9.16. The molecule has 0 saturated heterocycles. The Morgan fingerprint density at radius 1 is 0.409 bits per heavy atom. The van der Waals surface area contributed by atoms with E-state index in [9.17, 15) is 15.8 Å². The Morgan fingerprint density at radius 3 is 1.48 bits per heavy atom. The molecule has 8 rings (SSSR count). The number of hydrogen-bond acceptors (Lipinski definition) is 3. The molecule has 0 fully saturated rings. The van der Waals surface area contributed by atoms with Crippen molar-refractivity contribution in [3.05, 3.63) is 144 Å². The fraction of sp³-hybridized carbons (Fsp3) is 0. The van der Waals surface area contributed by atoms with Crippen molar-refractivity contribution in [2.75, 3.05) is 0 Å². The molecule has 202 valence electrons. The third-order valence-electron chi connectivity index (χ3n) is 8.41. The maximum atomic E-state index is 9.83. The summed E-state index contributed by atoms with van der Waals surface area (Å²) < 4.78 is 4.44. The molecule has 0 aliphatic rings. The quantitative estimate of drug-likeness (QED) is 0.216. The van der Waals surface area contributed by atoms with Crippen LogP contribution in [-0.2, 0) is 0 Å². The van der Waals surface area contributed by atoms with Gasteiger partial charge in [0.25, 0.3) is 0 Å². The molecule has 0 N–H and O–H groups in total. The van der Waals surface area contributed by atoms with Gasteiger partial charge in [0.05, 0.1) is 62.7 Å². The molecule has 0 radical (unpaired) electrons. The van der Waals surface area contributed by atoms with Crippen molar-refractivity contribution in [2.45, 2.75) is 0 Å². The highest BCUT2D eigenvalue weighted by atomic mass is 15.0. The molecule has 0 aliphatic heterocycles. The van der Waals surface area contributed by atoms with Crippen LogP contribution >= 0.6 is 0 Å². The van der Waals surface area contributed by atoms with Crippen LogP contribution in [-0.4, -0.2) is 9.13 Å². The molecule has 0 bridgehead atoms. The van der Waals surface area contributed by atoms with Crippen LogP contribution in [0.2, 0.25) is 0 Å². The molecule has 0 amide bonds. The van der Waals surface area contributed by atoms with Crippen molar-refractivity contribution in [1.29, 1.82) is 15.8 Å². The molecule has 5 nitrogen and oxygen atoms in total. The van der Waals surface area contributed by atoms with Gasteiger partial charge < -0.3 is 9.13 Å². The molecule has 8 aromatic rings. The molecule has 44 heavy (non-hydrogen) atoms. The summed E-state index contributed by atoms with van der Waals surface area (Å²) in [6, 6.07) is 49.1. The fourth-order valence-corrected chi connectivity index (χ4v) is 6.44. The van der Waals surface area contributed by atoms with E-state index in [1.54, 1.807) is 0 Å². The maximum absolute atomic E-state index is 9.83. The first-order valence-corrected chi connectivity index (χ1v) is 14.2. The molecule has 2 heterocycles. The van der Waals surface area contributed by atoms with Gasteiger partial charge >= 0.3 is 0 Å². The van der Waals surface area contributed by atoms with E-state index < -0.39 is 0 Å². The third-order valence-corrected chi connectivity index (χ3v) is 8.41. The van der Waals surface area contributed by atoms with Crippen molar-refractivity contribution >= 4 is 43.6 Å². The molecule has 0 saturated carbocycles. The molecule has 0 aliphatic carbocycles. The minimum absolute atomic E-state index is 0.580. The Balaban J connectivity index is 1.34. The second kappa shape index (κ2) is 9.74. The molecule has 5 heteroatoms. The zero-order chi connectivity index (χ0) is 29.8. The number of rotatable bonds is 3. The molecule has 0 spiro atoms. The lowest BCUT2D eigenvalue weighted by Gasteiger charge is -2.15. The van der Waals surface area contributed by atoms with E-state index in [1.165, 1.54) is 0 Å². The van der Waals surface area contributed by atoms with Crippen LogP contribution in [0.25, 0.3) is 66.1 Å². The molecule has 0 unspecified atom stereocenters. The van der Waals surface area contributed by atoms with E-state index in [0.29, 0.717) is 16.7 Å². The maximum Gasteiger partial charge on any atom is 0.0991 e. The van der Waals surface area contributed by atoms with Gasteiger partial charge in [0, 0.05) is 32.8 Å². The van der Waals surface area contributed by atoms with Gasteiger partial charge in [-0.1, -0.05) is 48.5 Å². The zero-order valence-electron chi connectivity index (χ0n) is 23.4. The monoisotopic (exact) mass is 559 g/mol. The average molecular weight is 560 g/mol. The summed E-state index contributed by atoms with van der Waals surface area (Å²) in [5.74, 6) is 0. The van der Waals surface area contributed by atoms with Crippen LogP contribution in [0.4, 0.5) is 0 Å². The van der Waals surface area contributed by atoms with Gasteiger partial charge in [0.15, 0.2) is 0 Å². The van der Waals surface area contributed by atoms with Crippen molar-refractivity contribution in [1.82, 2.24) is 9.13 Å². The van der Waals surface area contributed by atoms with Crippen LogP contribution in [0.5, 0.6) is 0 Å². The number of benzene rings is 6. The van der Waals surface area contributed by atoms with E-state index in [1.807, 2.05) is 78.9 Å². The first kappa shape index (κ1) is 25.1. The zero-order valence-corrected chi connectivity index (χ0v) is 23.4. The normalized spacial score (nSPS) is 11.1. The van der Waals surface area contributed by atoms with E-state index in [-0.39, 0.29) is 0 Å². The topological polar surface area (TPSA) is 81.2 Å². The molecule has 6 aromatic carbocycles. The molecular formula is C39H21N5. The first-order valence-electron chi connectivity index (χ1n) is 14.2. The van der Waals surface area contributed by atoms with Crippen LogP contribution in [0, 0.1) is 34.0 Å². The third kappa shape index (κ3) is 3.70. The van der Waals surface area contributed by atoms with E-state index in [0.717, 1.165) is 66.1 Å². The van der Waals surface area contributed by atoms with Gasteiger partial charge in [-0.15, -0.1) is 0 Å². The second-order valence-corrected chi connectivity index (χ2v) is 10.8. The highest BCUT2D eigenvalue weighted by Crippen LogP contribution is 2.38. The smallest absolute Gasteiger partial charge is 0.0991 e. The van der Waals surface area contributed by atoms with E-state index in [4.69, 9.17) is 0 Å². The number of fused-ring (bicyclic) bond motifs is 6. The Hall–Kier alpha value is -6.61. The Labute approximate surface area is 252 Å². The van der Waals surface area contributed by atoms with Crippen molar-refractivity contribution in [3.8, 4) is 40.7 Å². The lowest BCUT2D eigenvalue weighted by atomic mass is 10.00. The number of nitriles is 3. The fourth-order valence-electron chi connectivity index (χ4n) is 6.44. The largest absolute Gasteiger partial charge is 0.309 e. The number of aromatic nitrogens is 2. The number of hydrogen-bond donors (Lipinski definition) is 0. The minimum Gasteiger partial charge on any atom is -0.309 e. The van der Waals surface area contributed by atoms with Crippen LogP contribution < -0.4 is 0 Å². The van der Waals surface area contributed by atoms with Crippen molar-refractivity contribution in [3.63, 3.8) is 0 Å². The summed E-state index contributed by atoms with van der Waals surface area (Å²) >= 11 is 0. The molecule has 0 atom stereocenters. The Morgan fingerprint density at radius 2 is 0.886 bits per heavy atom. The SMILES string of the molecule is N#Cc1ccc(-n2c3ccccc3c3cc(C#N)ccc32)c(-c2ccc(-n3c4ccccc4c4cc(C#N)ccc43)cc2)c1. The molecular weight excluding hydrogens is 538 g/mol. The summed E-state index contributed by atoms with van der Waals surface area (Å²) in [7, 11) is 0. The minimum atomic E-state index is 0.580. The summed E-state index contributed by atoms with van der Waals surface area (Å²) in [5.41, 5.74) is 9.83. The number of nitrogens with zero attached hydrogens (tertiary/aromatic N) is 5. The first-order chi connectivity index (χ1) is 21.7. The highest BCUT2D eigenvalue weighted by Gasteiger charge is 2.18. The Bertz CT molecular complexity index is 2580. The van der Waals surface area contributed by atoms with Crippen molar-refractivity contribution in [2.24, 2.45) is 0 Å². The van der Waals surface area contributed by atoms with E-state index >= 15 is 0 Å². The highest BCUT2D eigenvalue weighted by molar-refractivity contribution is 6.11. The van der Waals surface area contributed by atoms with Gasteiger partial charge in [-0.2, -0.15) is 15.8 Å². The lowest BCUT2D eigenvalue weighted by molar-refractivity contribution is 1.17. The van der Waals surface area contributed by atoms with Gasteiger partial charge in [-0.25, -0.2) is 0 Å². The van der Waals surface area contributed by atoms with Crippen molar-refractivity contribution < 1.29 is 0 Å². The number of para-hydroxylation sites is 2. The summed E-state index contributed by atoms with van der Waals surface area (Å²) in [5, 5.41) is 33.1. The molecule has 2 aromatic heterocycles. The summed E-state index contributed by atoms with van der Waals surface area (Å²) in [6.07, 6.45) is 0. The van der Waals surface area contributed by atoms with Gasteiger partial charge in [0.2, 0.25) is 0 Å². The standard InChI is InChI=1S/C39H21N5/c40-22-25-9-16-37(44-36-8-4-2-6-31(36)34-21-27(24-42)11-18-39(34)44)32(19-25)28-12-14-29(15-13-28)43-35-7-3-1-5-30(35)33-20-26(23-41)10-17-38(33)43/h1-21H. The Kier molecular flexibility index (Phi) is 5.56. The second-order valence-electron chi connectivity index (χ2n) is 10.8.